The molecule has 0 atom stereocenters. The highest BCUT2D eigenvalue weighted by Crippen LogP contribution is 2.32. The molecule has 1 fully saturated rings. The van der Waals surface area contributed by atoms with Gasteiger partial charge in [0.05, 0.1) is 16.9 Å². The molecule has 0 saturated heterocycles. The Morgan fingerprint density at radius 1 is 1.03 bits per heavy atom. The van der Waals surface area contributed by atoms with Gasteiger partial charge in [0.1, 0.15) is 12.5 Å². The molecule has 14 heteroatoms. The molecule has 2 aromatic carbocycles. The van der Waals surface area contributed by atoms with Crippen molar-refractivity contribution in [3.05, 3.63) is 82.1 Å². The summed E-state index contributed by atoms with van der Waals surface area (Å²) in [6, 6.07) is 6.05. The molecule has 0 radical (unpaired) electrons. The van der Waals surface area contributed by atoms with E-state index in [1.54, 1.807) is 13.0 Å². The van der Waals surface area contributed by atoms with Gasteiger partial charge in [0, 0.05) is 25.2 Å². The number of hydrogen-bond donors (Lipinski definition) is 4. The summed E-state index contributed by atoms with van der Waals surface area (Å²) < 4.78 is 100.0. The average Bonchev–Trinajstić information content (AvgIpc) is 3.70. The molecular weight excluding hydrogens is 545 g/mol. The van der Waals surface area contributed by atoms with E-state index in [2.05, 4.69) is 15.6 Å². The molecule has 4 N–H and O–H groups in total. The fraction of sp³-hybridized carbons (Fsp3) is 0.280. The third-order valence-corrected chi connectivity index (χ3v) is 6.84. The largest absolute Gasteiger partial charge is 0.350 e. The molecule has 1 aliphatic carbocycles. The predicted molar refractivity (Wildman–Crippen MR) is 135 cm³/mol. The van der Waals surface area contributed by atoms with E-state index in [9.17, 15) is 22.0 Å². The zero-order valence-electron chi connectivity index (χ0n) is 20.5. The molecule has 3 aromatic rings. The van der Waals surface area contributed by atoms with Crippen molar-refractivity contribution in [2.45, 2.75) is 32.2 Å². The normalized spacial score (nSPS) is 13.3. The van der Waals surface area contributed by atoms with Crippen LogP contribution in [0.4, 0.5) is 39.1 Å². The summed E-state index contributed by atoms with van der Waals surface area (Å²) in [4.78, 5) is 16.5. The van der Waals surface area contributed by atoms with E-state index in [4.69, 9.17) is 0 Å². The number of aromatic nitrogens is 1. The van der Waals surface area contributed by atoms with Crippen molar-refractivity contribution >= 4 is 33.3 Å². The smallest absolute Gasteiger partial charge is 0.300 e. The van der Waals surface area contributed by atoms with Gasteiger partial charge in [-0.3, -0.25) is 9.52 Å². The number of halogens is 5. The van der Waals surface area contributed by atoms with Gasteiger partial charge < -0.3 is 10.6 Å². The topological polar surface area (TPSA) is 112 Å². The van der Waals surface area contributed by atoms with Crippen molar-refractivity contribution in [3.8, 4) is 0 Å². The second-order valence-corrected chi connectivity index (χ2v) is 10.4. The first-order valence-corrected chi connectivity index (χ1v) is 13.3. The quantitative estimate of drug-likeness (QED) is 0.256. The molecule has 1 heterocycles. The summed E-state index contributed by atoms with van der Waals surface area (Å²) in [6.07, 6.45) is 1.86. The second kappa shape index (κ2) is 11.5. The minimum Gasteiger partial charge on any atom is -0.350 e. The summed E-state index contributed by atoms with van der Waals surface area (Å²) in [5.41, 5.74) is -1.22. The Balaban J connectivity index is 1.71. The molecule has 0 bridgehead atoms. The second-order valence-electron chi connectivity index (χ2n) is 8.94. The molecule has 208 valence electrons. The molecule has 1 aromatic heterocycles. The molecule has 4 rings (SSSR count). The van der Waals surface area contributed by atoms with Crippen LogP contribution >= 0.6 is 0 Å². The number of aryl methyl sites for hydroxylation is 1. The zero-order chi connectivity index (χ0) is 28.3. The Morgan fingerprint density at radius 2 is 1.77 bits per heavy atom. The highest BCUT2D eigenvalue weighted by Gasteiger charge is 2.29. The summed E-state index contributed by atoms with van der Waals surface area (Å²) >= 11 is 0. The van der Waals surface area contributed by atoms with Gasteiger partial charge in [-0.2, -0.15) is 13.1 Å². The van der Waals surface area contributed by atoms with Crippen molar-refractivity contribution < 1.29 is 35.2 Å². The Labute approximate surface area is 221 Å². The lowest BCUT2D eigenvalue weighted by Crippen LogP contribution is -2.32. The van der Waals surface area contributed by atoms with Gasteiger partial charge in [-0.15, -0.1) is 0 Å². The monoisotopic (exact) mass is 569 g/mol. The third kappa shape index (κ3) is 6.81. The van der Waals surface area contributed by atoms with Gasteiger partial charge >= 0.3 is 0 Å². The Kier molecular flexibility index (Phi) is 8.35. The standard InChI is InChI=1S/C25H24F5N5O3S/c1-13-2-5-19(18(27)10-13)34-23-17(25(36)33-16-3-4-16)12-15(20(28)22(23)30)11-14-6-8-31-24(21(14)29)35-39(37,38)32-9-7-26/h2,5-6,8,10,12,16,32,34H,3-4,7,9,11H2,1H3,(H,31,35)(H,33,36). The van der Waals surface area contributed by atoms with E-state index in [1.807, 2.05) is 9.44 Å². The van der Waals surface area contributed by atoms with Crippen molar-refractivity contribution in [2.75, 3.05) is 23.3 Å². The number of carbonyl (C=O) groups excluding carboxylic acids is 1. The number of pyridine rings is 1. The number of nitrogens with one attached hydrogen (secondary N) is 4. The van der Waals surface area contributed by atoms with Crippen LogP contribution in [0.25, 0.3) is 0 Å². The number of carbonyl (C=O) groups is 1. The minimum atomic E-state index is -4.36. The molecule has 0 aliphatic heterocycles. The van der Waals surface area contributed by atoms with E-state index in [0.29, 0.717) is 18.4 Å². The Morgan fingerprint density at radius 3 is 2.44 bits per heavy atom. The van der Waals surface area contributed by atoms with Crippen LogP contribution in [0.3, 0.4) is 0 Å². The van der Waals surface area contributed by atoms with Crippen LogP contribution in [-0.4, -0.2) is 38.6 Å². The van der Waals surface area contributed by atoms with Gasteiger partial charge in [0.15, 0.2) is 23.3 Å². The van der Waals surface area contributed by atoms with Crippen molar-refractivity contribution in [3.63, 3.8) is 0 Å². The number of alkyl halides is 1. The Bertz CT molecular complexity index is 1520. The van der Waals surface area contributed by atoms with Crippen molar-refractivity contribution in [2.24, 2.45) is 0 Å². The maximum Gasteiger partial charge on any atom is 0.300 e. The number of amides is 1. The SMILES string of the molecule is Cc1ccc(Nc2c(C(=O)NC3CC3)cc(Cc3ccnc(NS(=O)(=O)NCCF)c3F)c(F)c2F)c(F)c1. The lowest BCUT2D eigenvalue weighted by molar-refractivity contribution is 0.0951. The average molecular weight is 570 g/mol. The predicted octanol–water partition coefficient (Wildman–Crippen LogP) is 4.39. The van der Waals surface area contributed by atoms with Crippen molar-refractivity contribution in [1.29, 1.82) is 0 Å². The molecule has 1 amide bonds. The number of nitrogens with zero attached hydrogens (tertiary/aromatic N) is 1. The van der Waals surface area contributed by atoms with E-state index < -0.39 is 76.1 Å². The summed E-state index contributed by atoms with van der Waals surface area (Å²) in [5, 5.41) is 5.13. The summed E-state index contributed by atoms with van der Waals surface area (Å²) in [5.74, 6) is -6.33. The molecule has 0 unspecified atom stereocenters. The highest BCUT2D eigenvalue weighted by molar-refractivity contribution is 7.90. The number of hydrogen-bond acceptors (Lipinski definition) is 5. The van der Waals surface area contributed by atoms with E-state index in [-0.39, 0.29) is 22.9 Å². The Hall–Kier alpha value is -3.78. The molecule has 1 saturated carbocycles. The van der Waals surface area contributed by atoms with Crippen LogP contribution in [0, 0.1) is 30.2 Å². The van der Waals surface area contributed by atoms with Gasteiger partial charge in [0.2, 0.25) is 0 Å². The number of anilines is 3. The zero-order valence-corrected chi connectivity index (χ0v) is 21.4. The van der Waals surface area contributed by atoms with E-state index >= 15 is 13.2 Å². The fourth-order valence-corrected chi connectivity index (χ4v) is 4.50. The van der Waals surface area contributed by atoms with Gasteiger partial charge in [-0.1, -0.05) is 6.07 Å². The first-order valence-electron chi connectivity index (χ1n) is 11.8. The van der Waals surface area contributed by atoms with E-state index in [1.165, 1.54) is 12.1 Å². The number of rotatable bonds is 11. The lowest BCUT2D eigenvalue weighted by atomic mass is 9.99. The first kappa shape index (κ1) is 28.2. The molecule has 39 heavy (non-hydrogen) atoms. The maximum atomic E-state index is 15.4. The van der Waals surface area contributed by atoms with Crippen LogP contribution in [0.2, 0.25) is 0 Å². The van der Waals surface area contributed by atoms with E-state index in [0.717, 1.165) is 18.3 Å². The third-order valence-electron chi connectivity index (χ3n) is 5.79. The molecule has 8 nitrogen and oxygen atoms in total. The lowest BCUT2D eigenvalue weighted by Gasteiger charge is -2.17. The molecule has 1 aliphatic rings. The molecule has 0 spiro atoms. The fourth-order valence-electron chi connectivity index (χ4n) is 3.69. The van der Waals surface area contributed by atoms with Gasteiger partial charge in [-0.05, 0) is 60.7 Å². The van der Waals surface area contributed by atoms with Crippen LogP contribution in [-0.2, 0) is 16.6 Å². The first-order chi connectivity index (χ1) is 18.5. The van der Waals surface area contributed by atoms with Crippen molar-refractivity contribution in [1.82, 2.24) is 15.0 Å². The minimum absolute atomic E-state index is 0.141. The maximum absolute atomic E-state index is 15.4. The van der Waals surface area contributed by atoms with Gasteiger partial charge in [0.25, 0.3) is 16.1 Å². The number of benzene rings is 2. The molecular formula is C25H24F5N5O3S. The summed E-state index contributed by atoms with van der Waals surface area (Å²) in [6.45, 7) is 0.0884. The van der Waals surface area contributed by atoms with Crippen LogP contribution in [0.1, 0.15) is 39.9 Å². The van der Waals surface area contributed by atoms with Crippen LogP contribution in [0.15, 0.2) is 36.5 Å². The van der Waals surface area contributed by atoms with Gasteiger partial charge in [-0.25, -0.2) is 26.9 Å². The summed E-state index contributed by atoms with van der Waals surface area (Å²) in [7, 11) is -4.36. The van der Waals surface area contributed by atoms with Crippen LogP contribution < -0.4 is 20.1 Å². The highest BCUT2D eigenvalue weighted by atomic mass is 32.2. The van der Waals surface area contributed by atoms with Crippen LogP contribution in [0.5, 0.6) is 0 Å².